The van der Waals surface area contributed by atoms with Gasteiger partial charge < -0.3 is 0 Å². The average Bonchev–Trinajstić information content (AvgIpc) is 2.64. The normalized spacial score (nSPS) is 11.6. The van der Waals surface area contributed by atoms with Gasteiger partial charge in [-0.05, 0) is 38.5 Å². The summed E-state index contributed by atoms with van der Waals surface area (Å²) in [6, 6.07) is 0. The van der Waals surface area contributed by atoms with Gasteiger partial charge in [-0.1, -0.05) is 105 Å². The fourth-order valence-corrected chi connectivity index (χ4v) is 7.79. The largest absolute Gasteiger partial charge is 0.0776 e. The molecule has 0 fully saturated rings. The first-order valence-corrected chi connectivity index (χ1v) is 15.3. The van der Waals surface area contributed by atoms with Crippen LogP contribution in [-0.4, -0.2) is 25.2 Å². The molecule has 0 saturated carbocycles. The van der Waals surface area contributed by atoms with Crippen LogP contribution in [0.3, 0.4) is 0 Å². The lowest BCUT2D eigenvalue weighted by molar-refractivity contribution is 0.616. The van der Waals surface area contributed by atoms with Crippen LogP contribution < -0.4 is 0 Å². The molecular formula is C26H58P+. The van der Waals surface area contributed by atoms with Crippen LogP contribution in [0.5, 0.6) is 0 Å². The van der Waals surface area contributed by atoms with E-state index in [1.54, 1.807) is 18.5 Å². The first-order valence-electron chi connectivity index (χ1n) is 12.5. The van der Waals surface area contributed by atoms with Crippen molar-refractivity contribution in [2.75, 3.05) is 25.2 Å². The molecule has 0 aromatic rings. The molecule has 0 radical (unpaired) electrons. The highest BCUT2D eigenvalue weighted by molar-refractivity contribution is 7.75. The van der Waals surface area contributed by atoms with Crippen molar-refractivity contribution in [1.82, 2.24) is 0 Å². The molecule has 1 heteroatoms. The zero-order chi connectivity index (χ0) is 19.3. The molecule has 27 heavy (non-hydrogen) atoms. The summed E-state index contributed by atoms with van der Waals surface area (Å²) in [4.78, 5) is 0. The standard InChI is InChI=1S/C25H54P.CH4/c1-5-8-11-14-17-20-23-26(4,24-21-18-15-12-9-6-2)25-22-19-16-13-10-7-3;/h5-25H2,1-4H3;1H4/q+1;. The van der Waals surface area contributed by atoms with Crippen LogP contribution in [-0.2, 0) is 0 Å². The summed E-state index contributed by atoms with van der Waals surface area (Å²) in [5, 5.41) is 0. The summed E-state index contributed by atoms with van der Waals surface area (Å²) in [6.07, 6.45) is 31.2. The van der Waals surface area contributed by atoms with Crippen molar-refractivity contribution in [2.45, 2.75) is 144 Å². The Morgan fingerprint density at radius 1 is 0.370 bits per heavy atom. The van der Waals surface area contributed by atoms with Crippen LogP contribution in [0.15, 0.2) is 0 Å². The average molecular weight is 402 g/mol. The van der Waals surface area contributed by atoms with Crippen molar-refractivity contribution in [1.29, 1.82) is 0 Å². The highest BCUT2D eigenvalue weighted by Gasteiger charge is 2.29. The molecule has 0 nitrogen and oxygen atoms in total. The minimum Gasteiger partial charge on any atom is -0.0776 e. The van der Waals surface area contributed by atoms with Gasteiger partial charge >= 0.3 is 0 Å². The van der Waals surface area contributed by atoms with Crippen LogP contribution in [0.4, 0.5) is 0 Å². The predicted molar refractivity (Wildman–Crippen MR) is 134 cm³/mol. The second-order valence-corrected chi connectivity index (χ2v) is 13.7. The fraction of sp³-hybridized carbons (Fsp3) is 1.00. The maximum atomic E-state index is 2.73. The van der Waals surface area contributed by atoms with Crippen LogP contribution in [0.2, 0.25) is 0 Å². The summed E-state index contributed by atoms with van der Waals surface area (Å²) in [5.41, 5.74) is 0. The van der Waals surface area contributed by atoms with E-state index in [9.17, 15) is 0 Å². The van der Waals surface area contributed by atoms with Gasteiger partial charge in [0.15, 0.2) is 0 Å². The summed E-state index contributed by atoms with van der Waals surface area (Å²) < 4.78 is 0. The van der Waals surface area contributed by atoms with E-state index in [-0.39, 0.29) is 7.43 Å². The molecule has 0 amide bonds. The Balaban J connectivity index is 0. The lowest BCUT2D eigenvalue weighted by Gasteiger charge is -2.24. The Kier molecular flexibility index (Phi) is 24.9. The Morgan fingerprint density at radius 3 is 0.852 bits per heavy atom. The minimum absolute atomic E-state index is 0. The van der Waals surface area contributed by atoms with Gasteiger partial charge in [-0.15, -0.1) is 0 Å². The highest BCUT2D eigenvalue weighted by atomic mass is 31.2. The molecule has 0 spiro atoms. The van der Waals surface area contributed by atoms with Crippen LogP contribution in [0.25, 0.3) is 0 Å². The number of unbranched alkanes of at least 4 members (excludes halogenated alkanes) is 15. The van der Waals surface area contributed by atoms with E-state index in [0.717, 1.165) is 0 Å². The molecule has 0 aromatic carbocycles. The Labute approximate surface area is 176 Å². The van der Waals surface area contributed by atoms with Crippen LogP contribution >= 0.6 is 7.26 Å². The molecular weight excluding hydrogens is 343 g/mol. The summed E-state index contributed by atoms with van der Waals surface area (Å²) >= 11 is 0. The molecule has 0 bridgehead atoms. The van der Waals surface area contributed by atoms with Gasteiger partial charge in [0.05, 0.1) is 18.5 Å². The third-order valence-corrected chi connectivity index (χ3v) is 10.3. The third kappa shape index (κ3) is 21.0. The Morgan fingerprint density at radius 2 is 0.593 bits per heavy atom. The first kappa shape index (κ1) is 29.6. The van der Waals surface area contributed by atoms with Crippen molar-refractivity contribution in [2.24, 2.45) is 0 Å². The van der Waals surface area contributed by atoms with E-state index >= 15 is 0 Å². The van der Waals surface area contributed by atoms with Crippen molar-refractivity contribution < 1.29 is 0 Å². The van der Waals surface area contributed by atoms with Crippen LogP contribution in [0, 0.1) is 0 Å². The van der Waals surface area contributed by atoms with Crippen molar-refractivity contribution in [3.05, 3.63) is 0 Å². The zero-order valence-corrected chi connectivity index (χ0v) is 20.2. The summed E-state index contributed by atoms with van der Waals surface area (Å²) in [6.45, 7) is 9.70. The van der Waals surface area contributed by atoms with Gasteiger partial charge in [-0.25, -0.2) is 0 Å². The van der Waals surface area contributed by atoms with E-state index in [0.29, 0.717) is 0 Å². The number of hydrogen-bond donors (Lipinski definition) is 0. The SMILES string of the molecule is C.CCCCCCCC[P+](C)(CCCCCCCC)CCCCCCCC. The molecule has 0 aliphatic rings. The van der Waals surface area contributed by atoms with Crippen LogP contribution in [0.1, 0.15) is 144 Å². The van der Waals surface area contributed by atoms with E-state index < -0.39 is 7.26 Å². The van der Waals surface area contributed by atoms with E-state index in [1.165, 1.54) is 116 Å². The minimum atomic E-state index is -0.636. The lowest BCUT2D eigenvalue weighted by atomic mass is 10.1. The van der Waals surface area contributed by atoms with Crippen molar-refractivity contribution in [3.63, 3.8) is 0 Å². The Hall–Kier alpha value is 0.430. The summed E-state index contributed by atoms with van der Waals surface area (Å²) in [5.74, 6) is 0. The topological polar surface area (TPSA) is 0 Å². The van der Waals surface area contributed by atoms with Gasteiger partial charge in [-0.2, -0.15) is 0 Å². The molecule has 0 heterocycles. The first-order chi connectivity index (χ1) is 12.7. The fourth-order valence-electron chi connectivity index (χ4n) is 4.16. The van der Waals surface area contributed by atoms with Gasteiger partial charge in [0.2, 0.25) is 0 Å². The molecule has 0 aromatic heterocycles. The van der Waals surface area contributed by atoms with Gasteiger partial charge in [0.1, 0.15) is 0 Å². The van der Waals surface area contributed by atoms with Crippen molar-refractivity contribution >= 4 is 7.26 Å². The van der Waals surface area contributed by atoms with E-state index in [4.69, 9.17) is 0 Å². The molecule has 166 valence electrons. The molecule has 0 aliphatic heterocycles. The predicted octanol–water partition coefficient (Wildman–Crippen LogP) is 10.4. The molecule has 0 N–H and O–H groups in total. The smallest absolute Gasteiger partial charge is 0.0591 e. The quantitative estimate of drug-likeness (QED) is 0.132. The molecule has 0 aliphatic carbocycles. The van der Waals surface area contributed by atoms with E-state index in [1.807, 2.05) is 0 Å². The monoisotopic (exact) mass is 401 g/mol. The number of rotatable bonds is 21. The lowest BCUT2D eigenvalue weighted by Crippen LogP contribution is -2.08. The zero-order valence-electron chi connectivity index (χ0n) is 19.3. The van der Waals surface area contributed by atoms with Gasteiger partial charge in [-0.3, -0.25) is 0 Å². The Bertz CT molecular complexity index is 220. The van der Waals surface area contributed by atoms with E-state index in [2.05, 4.69) is 27.4 Å². The number of hydrogen-bond acceptors (Lipinski definition) is 0. The second kappa shape index (κ2) is 22.7. The molecule has 0 unspecified atom stereocenters. The summed E-state index contributed by atoms with van der Waals surface area (Å²) in [7, 11) is -0.636. The second-order valence-electron chi connectivity index (χ2n) is 9.09. The highest BCUT2D eigenvalue weighted by Crippen LogP contribution is 2.57. The molecule has 0 atom stereocenters. The van der Waals surface area contributed by atoms with Crippen molar-refractivity contribution in [3.8, 4) is 0 Å². The molecule has 0 saturated heterocycles. The third-order valence-electron chi connectivity index (χ3n) is 6.15. The molecule has 0 rings (SSSR count). The van der Waals surface area contributed by atoms with Gasteiger partial charge in [0, 0.05) is 13.9 Å². The maximum Gasteiger partial charge on any atom is 0.0591 e. The maximum absolute atomic E-state index is 2.73. The van der Waals surface area contributed by atoms with Gasteiger partial charge in [0.25, 0.3) is 0 Å².